The van der Waals surface area contributed by atoms with Gasteiger partial charge in [0.05, 0.1) is 6.61 Å². The molecule has 1 amide bonds. The summed E-state index contributed by atoms with van der Waals surface area (Å²) in [5.41, 5.74) is 1.49. The van der Waals surface area contributed by atoms with Crippen LogP contribution in [-0.4, -0.2) is 11.0 Å². The molecule has 2 aromatic rings. The van der Waals surface area contributed by atoms with Crippen LogP contribution in [0.1, 0.15) is 12.5 Å². The Morgan fingerprint density at radius 3 is 2.55 bits per heavy atom. The van der Waals surface area contributed by atoms with Gasteiger partial charge >= 0.3 is 0 Å². The first-order valence-corrected chi connectivity index (χ1v) is 7.23. The minimum Gasteiger partial charge on any atom is -0.392 e. The van der Waals surface area contributed by atoms with E-state index in [9.17, 15) is 9.90 Å². The number of carbonyl (C=O) groups excluding carboxylic acids is 1. The van der Waals surface area contributed by atoms with Crippen LogP contribution in [0.3, 0.4) is 0 Å². The van der Waals surface area contributed by atoms with Crippen molar-refractivity contribution in [2.45, 2.75) is 23.3 Å². The van der Waals surface area contributed by atoms with Gasteiger partial charge in [0.15, 0.2) is 0 Å². The van der Waals surface area contributed by atoms with Gasteiger partial charge in [-0.05, 0) is 36.4 Å². The van der Waals surface area contributed by atoms with Crippen molar-refractivity contribution in [2.75, 3.05) is 5.32 Å². The van der Waals surface area contributed by atoms with Gasteiger partial charge in [0.2, 0.25) is 5.91 Å². The summed E-state index contributed by atoms with van der Waals surface area (Å²) in [6.45, 7) is 1.38. The zero-order chi connectivity index (χ0) is 14.5. The number of aliphatic hydroxyl groups is 1. The second-order valence-corrected chi connectivity index (χ2v) is 5.70. The van der Waals surface area contributed by atoms with E-state index in [1.165, 1.54) is 18.7 Å². The Morgan fingerprint density at radius 1 is 1.25 bits per heavy atom. The fraction of sp³-hybridized carbons (Fsp3) is 0.133. The highest BCUT2D eigenvalue weighted by Gasteiger charge is 2.07. The van der Waals surface area contributed by atoms with Crippen LogP contribution >= 0.6 is 23.4 Å². The molecule has 3 nitrogen and oxygen atoms in total. The van der Waals surface area contributed by atoms with E-state index in [0.29, 0.717) is 5.02 Å². The van der Waals surface area contributed by atoms with Gasteiger partial charge in [-0.3, -0.25) is 4.79 Å². The summed E-state index contributed by atoms with van der Waals surface area (Å²) in [5.74, 6) is -0.0946. The first-order chi connectivity index (χ1) is 9.60. The maximum atomic E-state index is 11.0. The number of anilines is 1. The monoisotopic (exact) mass is 307 g/mol. The number of carbonyl (C=O) groups is 1. The third-order valence-electron chi connectivity index (χ3n) is 2.64. The van der Waals surface area contributed by atoms with E-state index in [2.05, 4.69) is 5.32 Å². The van der Waals surface area contributed by atoms with Crippen LogP contribution in [0.2, 0.25) is 5.02 Å². The molecular weight excluding hydrogens is 294 g/mol. The van der Waals surface area contributed by atoms with E-state index in [-0.39, 0.29) is 12.5 Å². The van der Waals surface area contributed by atoms with E-state index >= 15 is 0 Å². The van der Waals surface area contributed by atoms with Crippen molar-refractivity contribution in [3.63, 3.8) is 0 Å². The number of hydrogen-bond donors (Lipinski definition) is 2. The molecule has 0 spiro atoms. The van der Waals surface area contributed by atoms with Crippen LogP contribution in [0.5, 0.6) is 0 Å². The van der Waals surface area contributed by atoms with Crippen LogP contribution in [0, 0.1) is 0 Å². The Bertz CT molecular complexity index is 614. The first-order valence-electron chi connectivity index (χ1n) is 6.04. The van der Waals surface area contributed by atoms with Crippen LogP contribution in [0.25, 0.3) is 0 Å². The van der Waals surface area contributed by atoms with Gasteiger partial charge in [-0.25, -0.2) is 0 Å². The van der Waals surface area contributed by atoms with Crippen molar-refractivity contribution in [3.05, 3.63) is 53.1 Å². The predicted molar refractivity (Wildman–Crippen MR) is 82.2 cm³/mol. The zero-order valence-corrected chi connectivity index (χ0v) is 12.5. The number of halogens is 1. The fourth-order valence-electron chi connectivity index (χ4n) is 1.72. The largest absolute Gasteiger partial charge is 0.392 e. The second kappa shape index (κ2) is 6.79. The lowest BCUT2D eigenvalue weighted by Crippen LogP contribution is -2.05. The third-order valence-corrected chi connectivity index (χ3v) is 4.10. The summed E-state index contributed by atoms with van der Waals surface area (Å²) in [4.78, 5) is 12.9. The van der Waals surface area contributed by atoms with E-state index < -0.39 is 0 Å². The standard InChI is InChI=1S/C15H14ClNO2S/c1-10(19)17-11-5-7-12(8-6-11)20-15-4-2-3-14(16)13(15)9-18/h2-8,18H,9H2,1H3,(H,17,19). The molecular formula is C15H14ClNO2S. The molecule has 2 N–H and O–H groups in total. The predicted octanol–water partition coefficient (Wildman–Crippen LogP) is 3.94. The third kappa shape index (κ3) is 3.76. The van der Waals surface area contributed by atoms with Gasteiger partial charge in [-0.1, -0.05) is 29.4 Å². The quantitative estimate of drug-likeness (QED) is 0.899. The van der Waals surface area contributed by atoms with Gasteiger partial charge in [-0.15, -0.1) is 0 Å². The maximum absolute atomic E-state index is 11.0. The summed E-state index contributed by atoms with van der Waals surface area (Å²) in [6, 6.07) is 13.0. The van der Waals surface area contributed by atoms with Crippen LogP contribution in [0.4, 0.5) is 5.69 Å². The lowest BCUT2D eigenvalue weighted by atomic mass is 10.2. The van der Waals surface area contributed by atoms with Crippen molar-refractivity contribution in [1.82, 2.24) is 0 Å². The molecule has 2 rings (SSSR count). The molecule has 0 aromatic heterocycles. The molecule has 0 saturated heterocycles. The summed E-state index contributed by atoms with van der Waals surface area (Å²) in [7, 11) is 0. The summed E-state index contributed by atoms with van der Waals surface area (Å²) >= 11 is 7.58. The number of benzene rings is 2. The Labute approximate surface area is 127 Å². The smallest absolute Gasteiger partial charge is 0.221 e. The van der Waals surface area contributed by atoms with Gasteiger partial charge < -0.3 is 10.4 Å². The number of aliphatic hydroxyl groups excluding tert-OH is 1. The van der Waals surface area contributed by atoms with Crippen LogP contribution in [0.15, 0.2) is 52.3 Å². The molecule has 0 saturated carbocycles. The molecule has 0 bridgehead atoms. The lowest BCUT2D eigenvalue weighted by Gasteiger charge is -2.09. The molecule has 20 heavy (non-hydrogen) atoms. The van der Waals surface area contributed by atoms with Crippen molar-refractivity contribution < 1.29 is 9.90 Å². The molecule has 0 aliphatic heterocycles. The van der Waals surface area contributed by atoms with Gasteiger partial charge in [0.1, 0.15) is 0 Å². The normalized spacial score (nSPS) is 10.3. The highest BCUT2D eigenvalue weighted by atomic mass is 35.5. The molecule has 0 atom stereocenters. The molecule has 0 aliphatic carbocycles. The van der Waals surface area contributed by atoms with Crippen molar-refractivity contribution in [3.8, 4) is 0 Å². The Morgan fingerprint density at radius 2 is 1.95 bits per heavy atom. The molecule has 2 aromatic carbocycles. The topological polar surface area (TPSA) is 49.3 Å². The molecule has 0 unspecified atom stereocenters. The fourth-order valence-corrected chi connectivity index (χ4v) is 2.99. The Hall–Kier alpha value is -1.49. The minimum absolute atomic E-state index is 0.0913. The Kier molecular flexibility index (Phi) is 5.06. The maximum Gasteiger partial charge on any atom is 0.221 e. The zero-order valence-electron chi connectivity index (χ0n) is 10.9. The number of amides is 1. The first kappa shape index (κ1) is 14.9. The average molecular weight is 308 g/mol. The summed E-state index contributed by atoms with van der Waals surface area (Å²) in [5, 5.41) is 12.7. The molecule has 0 fully saturated rings. The van der Waals surface area contributed by atoms with Crippen LogP contribution < -0.4 is 5.32 Å². The van der Waals surface area contributed by atoms with Gasteiger partial charge in [0.25, 0.3) is 0 Å². The number of nitrogens with one attached hydrogen (secondary N) is 1. The van der Waals surface area contributed by atoms with Crippen molar-refractivity contribution >= 4 is 35.0 Å². The molecule has 104 valence electrons. The highest BCUT2D eigenvalue weighted by molar-refractivity contribution is 7.99. The summed E-state index contributed by atoms with van der Waals surface area (Å²) in [6.07, 6.45) is 0. The van der Waals surface area contributed by atoms with Gasteiger partial charge in [0, 0.05) is 33.0 Å². The van der Waals surface area contributed by atoms with Crippen LogP contribution in [-0.2, 0) is 11.4 Å². The minimum atomic E-state index is -0.0946. The second-order valence-electron chi connectivity index (χ2n) is 4.18. The molecule has 0 heterocycles. The van der Waals surface area contributed by atoms with Crippen molar-refractivity contribution in [2.24, 2.45) is 0 Å². The number of hydrogen-bond acceptors (Lipinski definition) is 3. The average Bonchev–Trinajstić information content (AvgIpc) is 2.41. The molecule has 0 radical (unpaired) electrons. The van der Waals surface area contributed by atoms with E-state index in [0.717, 1.165) is 21.0 Å². The SMILES string of the molecule is CC(=O)Nc1ccc(Sc2cccc(Cl)c2CO)cc1. The van der Waals surface area contributed by atoms with Gasteiger partial charge in [-0.2, -0.15) is 0 Å². The Balaban J connectivity index is 2.18. The van der Waals surface area contributed by atoms with Crippen molar-refractivity contribution in [1.29, 1.82) is 0 Å². The molecule has 0 aliphatic rings. The number of rotatable bonds is 4. The van der Waals surface area contributed by atoms with E-state index in [1.807, 2.05) is 36.4 Å². The lowest BCUT2D eigenvalue weighted by molar-refractivity contribution is -0.114. The molecule has 5 heteroatoms. The van der Waals surface area contributed by atoms with E-state index in [1.54, 1.807) is 6.07 Å². The van der Waals surface area contributed by atoms with E-state index in [4.69, 9.17) is 11.6 Å². The highest BCUT2D eigenvalue weighted by Crippen LogP contribution is 2.34. The summed E-state index contributed by atoms with van der Waals surface area (Å²) < 4.78 is 0.